The van der Waals surface area contributed by atoms with Crippen molar-refractivity contribution in [2.45, 2.75) is 26.9 Å². The number of rotatable bonds is 8. The van der Waals surface area contributed by atoms with Gasteiger partial charge in [-0.25, -0.2) is 4.98 Å². The van der Waals surface area contributed by atoms with E-state index in [0.717, 1.165) is 11.4 Å². The zero-order valence-electron chi connectivity index (χ0n) is 16.4. The van der Waals surface area contributed by atoms with E-state index in [9.17, 15) is 9.59 Å². The molecule has 0 spiro atoms. The average molecular weight is 425 g/mol. The van der Waals surface area contributed by atoms with E-state index in [2.05, 4.69) is 10.1 Å². The number of amides is 1. The van der Waals surface area contributed by atoms with Gasteiger partial charge in [-0.15, -0.1) is 0 Å². The van der Waals surface area contributed by atoms with Crippen LogP contribution in [0.3, 0.4) is 0 Å². The maximum absolute atomic E-state index is 12.3. The Hall–Kier alpha value is -3.71. The van der Waals surface area contributed by atoms with Gasteiger partial charge in [0.1, 0.15) is 23.3 Å². The molecular formula is C20H19N5O4S. The summed E-state index contributed by atoms with van der Waals surface area (Å²) in [7, 11) is 0. The predicted molar refractivity (Wildman–Crippen MR) is 111 cm³/mol. The third-order valence-electron chi connectivity index (χ3n) is 3.98. The minimum atomic E-state index is -0.808. The fraction of sp³-hybridized carbons (Fsp3) is 0.250. The monoisotopic (exact) mass is 425 g/mol. The summed E-state index contributed by atoms with van der Waals surface area (Å²) in [5.74, 6) is 0.0573. The Morgan fingerprint density at radius 3 is 2.77 bits per heavy atom. The highest BCUT2D eigenvalue weighted by Gasteiger charge is 2.11. The maximum atomic E-state index is 12.3. The number of primary amides is 1. The van der Waals surface area contributed by atoms with Gasteiger partial charge >= 0.3 is 0 Å². The van der Waals surface area contributed by atoms with Crippen LogP contribution in [0.25, 0.3) is 11.0 Å². The molecule has 0 saturated heterocycles. The third-order valence-corrected chi connectivity index (χ3v) is 5.04. The Morgan fingerprint density at radius 1 is 1.30 bits per heavy atom. The van der Waals surface area contributed by atoms with Crippen molar-refractivity contribution < 1.29 is 14.3 Å². The molecule has 0 unspecified atom stereocenters. The molecule has 154 valence electrons. The molecule has 1 aromatic carbocycles. The van der Waals surface area contributed by atoms with Crippen molar-refractivity contribution in [3.8, 4) is 17.6 Å². The lowest BCUT2D eigenvalue weighted by Gasteiger charge is -2.12. The molecule has 0 aliphatic rings. The summed E-state index contributed by atoms with van der Waals surface area (Å²) in [6, 6.07) is 8.10. The number of aryl methyl sites for hydroxylation is 1. The minimum absolute atomic E-state index is 0.0606. The second-order valence-corrected chi connectivity index (χ2v) is 7.13. The molecule has 2 heterocycles. The molecule has 0 aliphatic heterocycles. The lowest BCUT2D eigenvalue weighted by molar-refractivity contribution is -0.114. The number of ether oxygens (including phenoxy) is 2. The number of fused-ring (bicyclic) bond motifs is 1. The average Bonchev–Trinajstić information content (AvgIpc) is 3.15. The molecule has 0 atom stereocenters. The standard InChI is InChI=1S/C20H19N5O4S/c1-3-17-24-25-18(26)9-14(23-20(25)30-17)11-29-15-6-5-12(8-16(15)28-4-2)7-13(10-21)19(22)27/h5-9H,3-4,11H2,1-2H3,(H2,22,27)/b13-7+. The van der Waals surface area contributed by atoms with Crippen molar-refractivity contribution >= 4 is 28.3 Å². The van der Waals surface area contributed by atoms with Gasteiger partial charge in [-0.05, 0) is 37.1 Å². The number of hydrogen-bond acceptors (Lipinski definition) is 8. The fourth-order valence-corrected chi connectivity index (χ4v) is 3.45. The fourth-order valence-electron chi connectivity index (χ4n) is 2.59. The summed E-state index contributed by atoms with van der Waals surface area (Å²) >= 11 is 1.36. The van der Waals surface area contributed by atoms with E-state index in [1.807, 2.05) is 13.8 Å². The Balaban J connectivity index is 1.86. The van der Waals surface area contributed by atoms with Crippen molar-refractivity contribution in [3.63, 3.8) is 0 Å². The molecule has 1 amide bonds. The normalized spacial score (nSPS) is 11.3. The number of nitrogens with zero attached hydrogens (tertiary/aromatic N) is 4. The highest BCUT2D eigenvalue weighted by molar-refractivity contribution is 7.16. The van der Waals surface area contributed by atoms with E-state index < -0.39 is 5.91 Å². The molecule has 0 aliphatic carbocycles. The molecule has 2 aromatic heterocycles. The molecule has 0 fully saturated rings. The number of carbonyl (C=O) groups excluding carboxylic acids is 1. The highest BCUT2D eigenvalue weighted by atomic mass is 32.1. The summed E-state index contributed by atoms with van der Waals surface area (Å²) in [6.07, 6.45) is 2.10. The van der Waals surface area contributed by atoms with Crippen LogP contribution >= 0.6 is 11.3 Å². The van der Waals surface area contributed by atoms with Crippen LogP contribution in [0, 0.1) is 11.3 Å². The number of benzene rings is 1. The van der Waals surface area contributed by atoms with E-state index in [1.165, 1.54) is 28.0 Å². The highest BCUT2D eigenvalue weighted by Crippen LogP contribution is 2.30. The summed E-state index contributed by atoms with van der Waals surface area (Å²) in [4.78, 5) is 28.5. The first-order valence-electron chi connectivity index (χ1n) is 9.15. The SMILES string of the molecule is CCOc1cc(/C=C(\C#N)C(N)=O)ccc1OCc1cc(=O)n2nc(CC)sc2n1. The molecule has 30 heavy (non-hydrogen) atoms. The number of hydrogen-bond donors (Lipinski definition) is 1. The maximum Gasteiger partial charge on any atom is 0.275 e. The first kappa shape index (κ1) is 21.0. The molecule has 0 bridgehead atoms. The second-order valence-electron chi connectivity index (χ2n) is 6.09. The predicted octanol–water partition coefficient (Wildman–Crippen LogP) is 2.08. The Kier molecular flexibility index (Phi) is 6.44. The molecule has 2 N–H and O–H groups in total. The number of nitrogens with two attached hydrogens (primary N) is 1. The van der Waals surface area contributed by atoms with Crippen molar-refractivity contribution in [3.05, 3.63) is 56.5 Å². The summed E-state index contributed by atoms with van der Waals surface area (Å²) in [6.45, 7) is 4.23. The summed E-state index contributed by atoms with van der Waals surface area (Å²) in [5, 5.41) is 14.0. The Morgan fingerprint density at radius 2 is 2.10 bits per heavy atom. The minimum Gasteiger partial charge on any atom is -0.490 e. The zero-order chi connectivity index (χ0) is 21.7. The van der Waals surface area contributed by atoms with Gasteiger partial charge in [-0.1, -0.05) is 24.3 Å². The molecule has 10 heteroatoms. The van der Waals surface area contributed by atoms with Crippen LogP contribution in [0.1, 0.15) is 30.1 Å². The molecule has 0 saturated carbocycles. The third kappa shape index (κ3) is 4.64. The molecule has 3 aromatic rings. The Labute approximate surface area is 176 Å². The van der Waals surface area contributed by atoms with Gasteiger partial charge in [0, 0.05) is 6.07 Å². The van der Waals surface area contributed by atoms with Crippen molar-refractivity contribution in [2.75, 3.05) is 6.61 Å². The van der Waals surface area contributed by atoms with E-state index in [-0.39, 0.29) is 17.7 Å². The molecule has 0 radical (unpaired) electrons. The van der Waals surface area contributed by atoms with Gasteiger partial charge in [0.15, 0.2) is 11.5 Å². The van der Waals surface area contributed by atoms with Crippen LogP contribution in [-0.4, -0.2) is 27.1 Å². The quantitative estimate of drug-likeness (QED) is 0.431. The largest absolute Gasteiger partial charge is 0.490 e. The first-order chi connectivity index (χ1) is 14.4. The molecular weight excluding hydrogens is 406 g/mol. The van der Waals surface area contributed by atoms with Crippen molar-refractivity contribution in [1.29, 1.82) is 5.26 Å². The molecule has 9 nitrogen and oxygen atoms in total. The van der Waals surface area contributed by atoms with Crippen LogP contribution in [0.15, 0.2) is 34.6 Å². The smallest absolute Gasteiger partial charge is 0.275 e. The number of nitriles is 1. The van der Waals surface area contributed by atoms with E-state index in [4.69, 9.17) is 20.5 Å². The second kappa shape index (κ2) is 9.19. The summed E-state index contributed by atoms with van der Waals surface area (Å²) < 4.78 is 12.7. The number of aromatic nitrogens is 3. The van der Waals surface area contributed by atoms with Crippen LogP contribution < -0.4 is 20.8 Å². The summed E-state index contributed by atoms with van der Waals surface area (Å²) in [5.41, 5.74) is 5.77. The van der Waals surface area contributed by atoms with Gasteiger partial charge in [0.05, 0.1) is 12.3 Å². The van der Waals surface area contributed by atoms with E-state index >= 15 is 0 Å². The van der Waals surface area contributed by atoms with Crippen molar-refractivity contribution in [1.82, 2.24) is 14.6 Å². The van der Waals surface area contributed by atoms with Crippen LogP contribution in [-0.2, 0) is 17.8 Å². The zero-order valence-corrected chi connectivity index (χ0v) is 17.2. The van der Waals surface area contributed by atoms with Crippen LogP contribution in [0.2, 0.25) is 0 Å². The topological polar surface area (TPSA) is 133 Å². The van der Waals surface area contributed by atoms with Crippen LogP contribution in [0.4, 0.5) is 0 Å². The van der Waals surface area contributed by atoms with E-state index in [1.54, 1.807) is 24.3 Å². The first-order valence-corrected chi connectivity index (χ1v) is 9.96. The Bertz CT molecular complexity index is 1220. The van der Waals surface area contributed by atoms with Gasteiger partial charge in [-0.3, -0.25) is 9.59 Å². The van der Waals surface area contributed by atoms with E-state index in [0.29, 0.717) is 34.3 Å². The van der Waals surface area contributed by atoms with Gasteiger partial charge < -0.3 is 15.2 Å². The lowest BCUT2D eigenvalue weighted by atomic mass is 10.1. The lowest BCUT2D eigenvalue weighted by Crippen LogP contribution is -2.16. The number of carbonyl (C=O) groups is 1. The van der Waals surface area contributed by atoms with Crippen LogP contribution in [0.5, 0.6) is 11.5 Å². The van der Waals surface area contributed by atoms with Gasteiger partial charge in [0.2, 0.25) is 4.96 Å². The van der Waals surface area contributed by atoms with Crippen molar-refractivity contribution in [2.24, 2.45) is 5.73 Å². The van der Waals surface area contributed by atoms with Gasteiger partial charge in [-0.2, -0.15) is 14.9 Å². The molecule has 3 rings (SSSR count). The van der Waals surface area contributed by atoms with Gasteiger partial charge in [0.25, 0.3) is 11.5 Å².